The third-order valence-electron chi connectivity index (χ3n) is 7.10. The number of ether oxygens (including phenoxy) is 1. The Bertz CT molecular complexity index is 1380. The van der Waals surface area contributed by atoms with Crippen LogP contribution in [0.2, 0.25) is 0 Å². The van der Waals surface area contributed by atoms with Crippen molar-refractivity contribution in [2.45, 2.75) is 76.5 Å². The number of allylic oxidation sites excluding steroid dienone is 2. The summed E-state index contributed by atoms with van der Waals surface area (Å²) in [6, 6.07) is 23.5. The lowest BCUT2D eigenvalue weighted by atomic mass is 10.0. The van der Waals surface area contributed by atoms with Crippen LogP contribution in [0.25, 0.3) is 22.5 Å². The van der Waals surface area contributed by atoms with Crippen molar-refractivity contribution >= 4 is 17.7 Å². The van der Waals surface area contributed by atoms with E-state index in [-0.39, 0.29) is 5.97 Å². The first-order valence-corrected chi connectivity index (χ1v) is 16.3. The molecule has 0 fully saturated rings. The predicted octanol–water partition coefficient (Wildman–Crippen LogP) is 10.4. The molecule has 0 spiro atoms. The van der Waals surface area contributed by atoms with Crippen molar-refractivity contribution in [2.24, 2.45) is 0 Å². The molecule has 0 atom stereocenters. The molecule has 0 radical (unpaired) electrons. The van der Waals surface area contributed by atoms with E-state index in [1.165, 1.54) is 55.4 Å². The molecule has 0 N–H and O–H groups in total. The van der Waals surface area contributed by atoms with Crippen molar-refractivity contribution in [3.8, 4) is 28.3 Å². The van der Waals surface area contributed by atoms with Crippen LogP contribution >= 0.6 is 11.8 Å². The third-order valence-corrected chi connectivity index (χ3v) is 8.15. The van der Waals surface area contributed by atoms with Gasteiger partial charge in [-0.05, 0) is 90.9 Å². The van der Waals surface area contributed by atoms with Crippen LogP contribution in [0.4, 0.5) is 0 Å². The van der Waals surface area contributed by atoms with Crippen LogP contribution in [0.15, 0.2) is 102 Å². The average Bonchev–Trinajstić information content (AvgIpc) is 3.04. The second kappa shape index (κ2) is 17.3. The molecule has 4 nitrogen and oxygen atoms in total. The molecule has 218 valence electrons. The Balaban J connectivity index is 1.25. The highest BCUT2D eigenvalue weighted by molar-refractivity contribution is 7.99. The molecular weight excluding hydrogens is 536 g/mol. The molecule has 1 heterocycles. The highest BCUT2D eigenvalue weighted by atomic mass is 32.2. The lowest BCUT2D eigenvalue weighted by molar-refractivity contribution is 0.0735. The number of unbranched alkanes of at least 4 members (excludes halogenated alkanes) is 5. The fourth-order valence-electron chi connectivity index (χ4n) is 4.57. The van der Waals surface area contributed by atoms with Gasteiger partial charge in [0.25, 0.3) is 0 Å². The van der Waals surface area contributed by atoms with Crippen molar-refractivity contribution in [3.05, 3.63) is 108 Å². The SMILES string of the molecule is CCCCC=CCCSc1ccc(-c2ccc(C(=O)Oc3ccc(-c4ncc(CCCCCC)cn4)cc3)cc2)cc1. The van der Waals surface area contributed by atoms with E-state index >= 15 is 0 Å². The fourth-order valence-corrected chi connectivity index (χ4v) is 5.39. The minimum atomic E-state index is -0.381. The molecule has 4 rings (SSSR count). The van der Waals surface area contributed by atoms with Gasteiger partial charge in [-0.1, -0.05) is 82.4 Å². The van der Waals surface area contributed by atoms with Crippen LogP contribution in [0, 0.1) is 0 Å². The van der Waals surface area contributed by atoms with Gasteiger partial charge < -0.3 is 4.74 Å². The fraction of sp³-hybridized carbons (Fsp3) is 0.324. The zero-order chi connectivity index (χ0) is 29.4. The molecule has 0 saturated heterocycles. The minimum absolute atomic E-state index is 0.381. The van der Waals surface area contributed by atoms with Gasteiger partial charge >= 0.3 is 5.97 Å². The van der Waals surface area contributed by atoms with Gasteiger partial charge in [-0.25, -0.2) is 14.8 Å². The van der Waals surface area contributed by atoms with Crippen LogP contribution < -0.4 is 4.74 Å². The first-order valence-electron chi connectivity index (χ1n) is 15.3. The Hall–Kier alpha value is -3.70. The molecule has 3 aromatic carbocycles. The van der Waals surface area contributed by atoms with Gasteiger partial charge in [0.15, 0.2) is 5.82 Å². The van der Waals surface area contributed by atoms with Crippen molar-refractivity contribution < 1.29 is 9.53 Å². The molecule has 42 heavy (non-hydrogen) atoms. The molecule has 0 bridgehead atoms. The summed E-state index contributed by atoms with van der Waals surface area (Å²) in [4.78, 5) is 23.1. The maximum absolute atomic E-state index is 12.8. The minimum Gasteiger partial charge on any atom is -0.423 e. The van der Waals surface area contributed by atoms with Crippen LogP contribution in [0.1, 0.15) is 81.1 Å². The molecule has 0 aliphatic heterocycles. The van der Waals surface area contributed by atoms with E-state index < -0.39 is 0 Å². The number of carbonyl (C=O) groups excluding carboxylic acids is 1. The number of benzene rings is 3. The first kappa shape index (κ1) is 31.2. The second-order valence-corrected chi connectivity index (χ2v) is 11.7. The standard InChI is InChI=1S/C37H42N2O2S/c1-3-5-7-9-10-12-26-42-35-24-20-31(21-25-35)30-14-16-33(17-15-30)37(40)41-34-22-18-32(19-23-34)36-38-27-29(28-39-36)13-11-8-6-4-2/h9-10,14-25,27-28H,3-8,11-13,26H2,1-2H3. The Kier molecular flexibility index (Phi) is 12.9. The van der Waals surface area contributed by atoms with Gasteiger partial charge in [-0.2, -0.15) is 0 Å². The number of hydrogen-bond donors (Lipinski definition) is 0. The molecule has 0 aliphatic carbocycles. The number of esters is 1. The van der Waals surface area contributed by atoms with E-state index in [0.29, 0.717) is 17.1 Å². The van der Waals surface area contributed by atoms with E-state index in [9.17, 15) is 4.79 Å². The van der Waals surface area contributed by atoms with Gasteiger partial charge in [0.2, 0.25) is 0 Å². The summed E-state index contributed by atoms with van der Waals surface area (Å²) >= 11 is 1.88. The molecule has 0 amide bonds. The quantitative estimate of drug-likeness (QED) is 0.0435. The Morgan fingerprint density at radius 3 is 2.00 bits per heavy atom. The number of nitrogens with zero attached hydrogens (tertiary/aromatic N) is 2. The lowest BCUT2D eigenvalue weighted by Crippen LogP contribution is -2.08. The Morgan fingerprint density at radius 1 is 0.714 bits per heavy atom. The van der Waals surface area contributed by atoms with E-state index in [2.05, 4.69) is 60.2 Å². The average molecular weight is 579 g/mol. The molecule has 0 aliphatic rings. The first-order chi connectivity index (χ1) is 20.7. The maximum Gasteiger partial charge on any atom is 0.343 e. The second-order valence-electron chi connectivity index (χ2n) is 10.5. The summed E-state index contributed by atoms with van der Waals surface area (Å²) in [6.45, 7) is 4.44. The Labute approximate surface area is 255 Å². The highest BCUT2D eigenvalue weighted by Gasteiger charge is 2.10. The number of thioether (sulfide) groups is 1. The smallest absolute Gasteiger partial charge is 0.343 e. The molecule has 0 unspecified atom stereocenters. The zero-order valence-electron chi connectivity index (χ0n) is 24.9. The summed E-state index contributed by atoms with van der Waals surface area (Å²) in [6.07, 6.45) is 19.1. The molecule has 5 heteroatoms. The normalized spacial score (nSPS) is 11.2. The maximum atomic E-state index is 12.8. The number of rotatable bonds is 16. The third kappa shape index (κ3) is 9.99. The van der Waals surface area contributed by atoms with Crippen LogP contribution in [0.5, 0.6) is 5.75 Å². The zero-order valence-corrected chi connectivity index (χ0v) is 25.7. The highest BCUT2D eigenvalue weighted by Crippen LogP contribution is 2.26. The number of hydrogen-bond acceptors (Lipinski definition) is 5. The molecular formula is C37H42N2O2S. The van der Waals surface area contributed by atoms with Gasteiger partial charge in [0, 0.05) is 28.6 Å². The number of aromatic nitrogens is 2. The van der Waals surface area contributed by atoms with Crippen molar-refractivity contribution in [1.29, 1.82) is 0 Å². The van der Waals surface area contributed by atoms with E-state index in [1.54, 1.807) is 12.1 Å². The summed E-state index contributed by atoms with van der Waals surface area (Å²) < 4.78 is 5.62. The number of carbonyl (C=O) groups is 1. The van der Waals surface area contributed by atoms with Gasteiger partial charge in [-0.3, -0.25) is 0 Å². The van der Waals surface area contributed by atoms with Crippen LogP contribution in [-0.2, 0) is 6.42 Å². The summed E-state index contributed by atoms with van der Waals surface area (Å²) in [5.41, 5.74) is 4.76. The van der Waals surface area contributed by atoms with E-state index in [4.69, 9.17) is 4.74 Å². The van der Waals surface area contributed by atoms with Gasteiger partial charge in [0.05, 0.1) is 5.56 Å². The van der Waals surface area contributed by atoms with Gasteiger partial charge in [-0.15, -0.1) is 11.8 Å². The van der Waals surface area contributed by atoms with Crippen LogP contribution in [0.3, 0.4) is 0 Å². The number of aryl methyl sites for hydroxylation is 1. The molecule has 1 aromatic heterocycles. The Morgan fingerprint density at radius 2 is 1.33 bits per heavy atom. The summed E-state index contributed by atoms with van der Waals surface area (Å²) in [5.74, 6) is 1.86. The van der Waals surface area contributed by atoms with Crippen LogP contribution in [-0.4, -0.2) is 21.7 Å². The summed E-state index contributed by atoms with van der Waals surface area (Å²) in [5, 5.41) is 0. The molecule has 0 saturated carbocycles. The van der Waals surface area contributed by atoms with Crippen molar-refractivity contribution in [3.63, 3.8) is 0 Å². The van der Waals surface area contributed by atoms with E-state index in [0.717, 1.165) is 35.3 Å². The lowest BCUT2D eigenvalue weighted by Gasteiger charge is -2.08. The van der Waals surface area contributed by atoms with Crippen molar-refractivity contribution in [1.82, 2.24) is 9.97 Å². The largest absolute Gasteiger partial charge is 0.423 e. The van der Waals surface area contributed by atoms with Gasteiger partial charge in [0.1, 0.15) is 5.75 Å². The van der Waals surface area contributed by atoms with E-state index in [1.807, 2.05) is 60.6 Å². The monoisotopic (exact) mass is 578 g/mol. The summed E-state index contributed by atoms with van der Waals surface area (Å²) in [7, 11) is 0. The van der Waals surface area contributed by atoms with Crippen molar-refractivity contribution in [2.75, 3.05) is 5.75 Å². The predicted molar refractivity (Wildman–Crippen MR) is 176 cm³/mol. The molecule has 4 aromatic rings. The topological polar surface area (TPSA) is 52.1 Å².